The maximum atomic E-state index is 12.0. The smallest absolute Gasteiger partial charge is 0.277 e. The van der Waals surface area contributed by atoms with Crippen LogP contribution in [-0.4, -0.2) is 18.7 Å². The van der Waals surface area contributed by atoms with Crippen LogP contribution in [-0.2, 0) is 4.79 Å². The van der Waals surface area contributed by atoms with E-state index in [2.05, 4.69) is 10.5 Å². The minimum absolute atomic E-state index is 0.156. The Morgan fingerprint density at radius 3 is 2.70 bits per heavy atom. The summed E-state index contributed by atoms with van der Waals surface area (Å²) in [6.07, 6.45) is 1.40. The summed E-state index contributed by atoms with van der Waals surface area (Å²) in [7, 11) is 0. The van der Waals surface area contributed by atoms with Crippen molar-refractivity contribution in [2.24, 2.45) is 5.10 Å². The Labute approximate surface area is 182 Å². The Morgan fingerprint density at radius 1 is 1.00 bits per heavy atom. The number of carbonyl (C=O) groups excluding carboxylic acids is 1. The number of nitrogens with one attached hydrogen (secondary N) is 1. The molecule has 1 amide bonds. The van der Waals surface area contributed by atoms with Crippen LogP contribution in [0.3, 0.4) is 0 Å². The standard InChI is InChI=1S/C23H16Cl2N2O3/c24-20-7-3-6-19(23(20)25)21-11-10-18(30-21)13-26-27-22(28)14-29-17-9-8-15-4-1-2-5-16(15)12-17/h1-13H,14H2,(H,27,28). The SMILES string of the molecule is O=C(COc1ccc2ccccc2c1)NN=Cc1ccc(-c2cccc(Cl)c2Cl)o1. The van der Waals surface area contributed by atoms with Gasteiger partial charge in [-0.05, 0) is 47.2 Å². The largest absolute Gasteiger partial charge is 0.484 e. The molecule has 0 spiro atoms. The average molecular weight is 439 g/mol. The molecule has 0 bridgehead atoms. The fourth-order valence-corrected chi connectivity index (χ4v) is 3.26. The quantitative estimate of drug-likeness (QED) is 0.299. The zero-order chi connectivity index (χ0) is 20.9. The number of nitrogens with zero attached hydrogens (tertiary/aromatic N) is 1. The summed E-state index contributed by atoms with van der Waals surface area (Å²) in [6, 6.07) is 22.3. The lowest BCUT2D eigenvalue weighted by molar-refractivity contribution is -0.123. The Hall–Kier alpha value is -3.28. The van der Waals surface area contributed by atoms with E-state index < -0.39 is 0 Å². The normalized spacial score (nSPS) is 11.1. The molecule has 0 aliphatic carbocycles. The lowest BCUT2D eigenvalue weighted by Gasteiger charge is -2.06. The van der Waals surface area contributed by atoms with E-state index >= 15 is 0 Å². The molecule has 0 saturated carbocycles. The third kappa shape index (κ3) is 4.64. The van der Waals surface area contributed by atoms with Gasteiger partial charge in [0.15, 0.2) is 6.61 Å². The number of hydrogen-bond donors (Lipinski definition) is 1. The van der Waals surface area contributed by atoms with E-state index in [1.165, 1.54) is 6.21 Å². The fraction of sp³-hybridized carbons (Fsp3) is 0.0435. The van der Waals surface area contributed by atoms with Gasteiger partial charge in [-0.25, -0.2) is 5.43 Å². The minimum atomic E-state index is -0.385. The third-order valence-electron chi connectivity index (χ3n) is 4.32. The highest BCUT2D eigenvalue weighted by Crippen LogP contribution is 2.34. The molecule has 0 saturated heterocycles. The molecule has 0 fully saturated rings. The van der Waals surface area contributed by atoms with Gasteiger partial charge < -0.3 is 9.15 Å². The first kappa shape index (κ1) is 20.0. The lowest BCUT2D eigenvalue weighted by Crippen LogP contribution is -2.24. The molecule has 0 aliphatic rings. The van der Waals surface area contributed by atoms with Crippen LogP contribution >= 0.6 is 23.2 Å². The molecule has 5 nitrogen and oxygen atoms in total. The van der Waals surface area contributed by atoms with E-state index in [0.717, 1.165) is 10.8 Å². The predicted molar refractivity (Wildman–Crippen MR) is 119 cm³/mol. The predicted octanol–water partition coefficient (Wildman–Crippen LogP) is 5.94. The maximum absolute atomic E-state index is 12.0. The number of amides is 1. The summed E-state index contributed by atoms with van der Waals surface area (Å²) < 4.78 is 11.2. The molecule has 0 unspecified atom stereocenters. The number of furan rings is 1. The fourth-order valence-electron chi connectivity index (χ4n) is 2.87. The molecule has 4 aromatic rings. The Balaban J connectivity index is 1.32. The van der Waals surface area contributed by atoms with E-state index in [1.54, 1.807) is 30.3 Å². The first-order valence-electron chi connectivity index (χ1n) is 9.08. The number of hydrazone groups is 1. The summed E-state index contributed by atoms with van der Waals surface area (Å²) in [4.78, 5) is 12.0. The van der Waals surface area contributed by atoms with Gasteiger partial charge in [-0.3, -0.25) is 4.79 Å². The van der Waals surface area contributed by atoms with Crippen LogP contribution in [0.4, 0.5) is 0 Å². The third-order valence-corrected chi connectivity index (χ3v) is 5.13. The van der Waals surface area contributed by atoms with Crippen LogP contribution in [0.5, 0.6) is 5.75 Å². The first-order chi connectivity index (χ1) is 14.6. The molecular weight excluding hydrogens is 423 g/mol. The number of ether oxygens (including phenoxy) is 1. The van der Waals surface area contributed by atoms with Crippen LogP contribution < -0.4 is 10.2 Å². The molecule has 0 atom stereocenters. The zero-order valence-electron chi connectivity index (χ0n) is 15.6. The van der Waals surface area contributed by atoms with Crippen LogP contribution in [0, 0.1) is 0 Å². The van der Waals surface area contributed by atoms with E-state index in [9.17, 15) is 4.79 Å². The highest BCUT2D eigenvalue weighted by Gasteiger charge is 2.10. The Bertz CT molecular complexity index is 1230. The number of benzene rings is 3. The number of halogens is 2. The zero-order valence-corrected chi connectivity index (χ0v) is 17.2. The molecule has 0 radical (unpaired) electrons. The second kappa shape index (κ2) is 9.03. The van der Waals surface area contributed by atoms with Gasteiger partial charge in [0.25, 0.3) is 5.91 Å². The van der Waals surface area contributed by atoms with E-state index in [4.69, 9.17) is 32.4 Å². The summed E-state index contributed by atoms with van der Waals surface area (Å²) in [5.41, 5.74) is 3.08. The van der Waals surface area contributed by atoms with Gasteiger partial charge >= 0.3 is 0 Å². The highest BCUT2D eigenvalue weighted by molar-refractivity contribution is 6.43. The maximum Gasteiger partial charge on any atom is 0.277 e. The molecule has 150 valence electrons. The van der Waals surface area contributed by atoms with Crippen LogP contribution in [0.25, 0.3) is 22.1 Å². The number of hydrogen-bond acceptors (Lipinski definition) is 4. The van der Waals surface area contributed by atoms with Gasteiger partial charge in [-0.15, -0.1) is 0 Å². The summed E-state index contributed by atoms with van der Waals surface area (Å²) in [5, 5.41) is 6.90. The monoisotopic (exact) mass is 438 g/mol. The molecular formula is C23H16Cl2N2O3. The molecule has 0 aliphatic heterocycles. The summed E-state index contributed by atoms with van der Waals surface area (Å²) in [5.74, 6) is 1.23. The van der Waals surface area contributed by atoms with Crippen LogP contribution in [0.1, 0.15) is 5.76 Å². The Morgan fingerprint density at radius 2 is 1.83 bits per heavy atom. The topological polar surface area (TPSA) is 63.8 Å². The van der Waals surface area contributed by atoms with Gasteiger partial charge in [0.2, 0.25) is 0 Å². The molecule has 4 rings (SSSR count). The second-order valence-electron chi connectivity index (χ2n) is 6.39. The molecule has 1 heterocycles. The second-order valence-corrected chi connectivity index (χ2v) is 7.18. The van der Waals surface area contributed by atoms with E-state index in [-0.39, 0.29) is 12.5 Å². The summed E-state index contributed by atoms with van der Waals surface area (Å²) in [6.45, 7) is -0.156. The van der Waals surface area contributed by atoms with Crippen molar-refractivity contribution in [1.82, 2.24) is 5.43 Å². The van der Waals surface area contributed by atoms with Crippen molar-refractivity contribution in [2.45, 2.75) is 0 Å². The minimum Gasteiger partial charge on any atom is -0.484 e. The van der Waals surface area contributed by atoms with Crippen molar-refractivity contribution < 1.29 is 13.9 Å². The van der Waals surface area contributed by atoms with Gasteiger partial charge in [0.1, 0.15) is 17.3 Å². The Kier molecular flexibility index (Phi) is 6.02. The highest BCUT2D eigenvalue weighted by atomic mass is 35.5. The number of fused-ring (bicyclic) bond motifs is 1. The number of rotatable bonds is 6. The molecule has 7 heteroatoms. The average Bonchev–Trinajstić information content (AvgIpc) is 3.22. The molecule has 1 aromatic heterocycles. The van der Waals surface area contributed by atoms with Crippen molar-refractivity contribution in [2.75, 3.05) is 6.61 Å². The molecule has 1 N–H and O–H groups in total. The lowest BCUT2D eigenvalue weighted by atomic mass is 10.1. The van der Waals surface area contributed by atoms with Crippen molar-refractivity contribution in [3.63, 3.8) is 0 Å². The van der Waals surface area contributed by atoms with Gasteiger partial charge in [-0.1, -0.05) is 59.6 Å². The van der Waals surface area contributed by atoms with Gasteiger partial charge in [-0.2, -0.15) is 5.10 Å². The van der Waals surface area contributed by atoms with Crippen LogP contribution in [0.2, 0.25) is 10.0 Å². The van der Waals surface area contributed by atoms with Gasteiger partial charge in [0, 0.05) is 5.56 Å². The number of carbonyl (C=O) groups is 1. The molecule has 30 heavy (non-hydrogen) atoms. The van der Waals surface area contributed by atoms with E-state index in [0.29, 0.717) is 32.9 Å². The van der Waals surface area contributed by atoms with Crippen molar-refractivity contribution in [3.05, 3.63) is 88.6 Å². The van der Waals surface area contributed by atoms with Crippen molar-refractivity contribution >= 4 is 46.1 Å². The van der Waals surface area contributed by atoms with Crippen LogP contribution in [0.15, 0.2) is 82.3 Å². The van der Waals surface area contributed by atoms with Crippen molar-refractivity contribution in [3.8, 4) is 17.1 Å². The summed E-state index contributed by atoms with van der Waals surface area (Å²) >= 11 is 12.2. The van der Waals surface area contributed by atoms with Gasteiger partial charge in [0.05, 0.1) is 16.3 Å². The first-order valence-corrected chi connectivity index (χ1v) is 9.83. The van der Waals surface area contributed by atoms with E-state index in [1.807, 2.05) is 42.5 Å². The van der Waals surface area contributed by atoms with Crippen molar-refractivity contribution in [1.29, 1.82) is 0 Å². The molecule has 3 aromatic carbocycles.